The summed E-state index contributed by atoms with van der Waals surface area (Å²) in [6.45, 7) is 2.29. The summed E-state index contributed by atoms with van der Waals surface area (Å²) in [5.41, 5.74) is 0.705. The number of carboxylic acids is 1. The lowest BCUT2D eigenvalue weighted by Gasteiger charge is -2.26. The molecule has 4 nitrogen and oxygen atoms in total. The number of thioether (sulfide) groups is 1. The molecule has 1 fully saturated rings. The first-order valence-electron chi connectivity index (χ1n) is 7.30. The molecule has 0 amide bonds. The molecule has 1 aromatic heterocycles. The number of hydrogen-bond acceptors (Lipinski definition) is 4. The molecule has 0 spiro atoms. The topological polar surface area (TPSA) is 63.1 Å². The zero-order chi connectivity index (χ0) is 14.8. The quantitative estimate of drug-likeness (QED) is 0.868. The largest absolute Gasteiger partial charge is 0.475 e. The lowest BCUT2D eigenvalue weighted by atomic mass is 9.91. The van der Waals surface area contributed by atoms with Crippen molar-refractivity contribution in [1.29, 1.82) is 0 Å². The van der Waals surface area contributed by atoms with Crippen molar-refractivity contribution in [2.24, 2.45) is 5.92 Å². The van der Waals surface area contributed by atoms with Gasteiger partial charge in [-0.15, -0.1) is 11.8 Å². The molecular formula is C16H18N2O2S. The van der Waals surface area contributed by atoms with Crippen LogP contribution < -0.4 is 0 Å². The van der Waals surface area contributed by atoms with E-state index < -0.39 is 5.97 Å². The number of carboxylic acid groups (broad SMARTS) is 1. The molecule has 5 heteroatoms. The SMILES string of the molecule is CC1CCCC(Sc2nc(C(=O)O)nc3ccccc23)C1. The highest BCUT2D eigenvalue weighted by Gasteiger charge is 2.22. The first-order chi connectivity index (χ1) is 10.1. The van der Waals surface area contributed by atoms with E-state index in [4.69, 9.17) is 0 Å². The predicted molar refractivity (Wildman–Crippen MR) is 83.8 cm³/mol. The third-order valence-electron chi connectivity index (χ3n) is 3.93. The molecule has 1 N–H and O–H groups in total. The average Bonchev–Trinajstić information content (AvgIpc) is 2.47. The van der Waals surface area contributed by atoms with Gasteiger partial charge in [0.2, 0.25) is 5.82 Å². The maximum atomic E-state index is 11.2. The van der Waals surface area contributed by atoms with Crippen molar-refractivity contribution in [3.63, 3.8) is 0 Å². The number of hydrogen-bond donors (Lipinski definition) is 1. The summed E-state index contributed by atoms with van der Waals surface area (Å²) in [6.07, 6.45) is 4.89. The van der Waals surface area contributed by atoms with Crippen molar-refractivity contribution >= 4 is 28.6 Å². The number of para-hydroxylation sites is 1. The summed E-state index contributed by atoms with van der Waals surface area (Å²) in [5, 5.41) is 11.5. The second kappa shape index (κ2) is 6.02. The van der Waals surface area contributed by atoms with E-state index in [0.29, 0.717) is 10.8 Å². The van der Waals surface area contributed by atoms with E-state index in [9.17, 15) is 9.90 Å². The lowest BCUT2D eigenvalue weighted by Crippen LogP contribution is -2.15. The molecule has 2 unspecified atom stereocenters. The van der Waals surface area contributed by atoms with Gasteiger partial charge in [0.05, 0.1) is 5.52 Å². The third-order valence-corrected chi connectivity index (χ3v) is 5.22. The maximum absolute atomic E-state index is 11.2. The van der Waals surface area contributed by atoms with Gasteiger partial charge in [0.25, 0.3) is 0 Å². The zero-order valence-electron chi connectivity index (χ0n) is 12.0. The highest BCUT2D eigenvalue weighted by Crippen LogP contribution is 2.37. The first kappa shape index (κ1) is 14.3. The van der Waals surface area contributed by atoms with Gasteiger partial charge in [0, 0.05) is 10.6 Å². The Morgan fingerprint density at radius 3 is 2.86 bits per heavy atom. The molecule has 2 aromatic rings. The minimum Gasteiger partial charge on any atom is -0.475 e. The Balaban J connectivity index is 1.97. The number of nitrogens with zero attached hydrogens (tertiary/aromatic N) is 2. The number of aromatic carboxylic acids is 1. The zero-order valence-corrected chi connectivity index (χ0v) is 12.8. The minimum absolute atomic E-state index is 0.111. The molecule has 1 aliphatic rings. The fraction of sp³-hybridized carbons (Fsp3) is 0.438. The molecule has 1 aliphatic carbocycles. The van der Waals surface area contributed by atoms with E-state index in [2.05, 4.69) is 16.9 Å². The first-order valence-corrected chi connectivity index (χ1v) is 8.18. The second-order valence-corrected chi connectivity index (χ2v) is 6.98. The molecule has 3 rings (SSSR count). The molecule has 0 saturated heterocycles. The number of fused-ring (bicyclic) bond motifs is 1. The van der Waals surface area contributed by atoms with Crippen LogP contribution in [-0.4, -0.2) is 26.3 Å². The van der Waals surface area contributed by atoms with Gasteiger partial charge in [-0.05, 0) is 24.8 Å². The highest BCUT2D eigenvalue weighted by molar-refractivity contribution is 8.00. The van der Waals surface area contributed by atoms with Crippen molar-refractivity contribution in [3.05, 3.63) is 30.1 Å². The van der Waals surface area contributed by atoms with Crippen LogP contribution in [-0.2, 0) is 0 Å². The van der Waals surface area contributed by atoms with Crippen LogP contribution in [0.4, 0.5) is 0 Å². The van der Waals surface area contributed by atoms with E-state index in [0.717, 1.165) is 16.3 Å². The molecule has 1 aromatic carbocycles. The third kappa shape index (κ3) is 3.18. The van der Waals surface area contributed by atoms with Gasteiger partial charge in [-0.3, -0.25) is 0 Å². The standard InChI is InChI=1S/C16H18N2O2S/c1-10-5-4-6-11(9-10)21-15-12-7-2-3-8-13(12)17-14(18-15)16(19)20/h2-3,7-8,10-11H,4-6,9H2,1H3,(H,19,20). The Morgan fingerprint density at radius 1 is 1.29 bits per heavy atom. The van der Waals surface area contributed by atoms with Gasteiger partial charge in [-0.2, -0.15) is 0 Å². The van der Waals surface area contributed by atoms with Gasteiger partial charge < -0.3 is 5.11 Å². The van der Waals surface area contributed by atoms with Gasteiger partial charge in [-0.1, -0.05) is 38.0 Å². The van der Waals surface area contributed by atoms with Crippen LogP contribution in [0.5, 0.6) is 0 Å². The smallest absolute Gasteiger partial charge is 0.373 e. The fourth-order valence-corrected chi connectivity index (χ4v) is 4.34. The van der Waals surface area contributed by atoms with E-state index in [1.807, 2.05) is 24.3 Å². The van der Waals surface area contributed by atoms with E-state index >= 15 is 0 Å². The van der Waals surface area contributed by atoms with Crippen molar-refractivity contribution in [2.75, 3.05) is 0 Å². The van der Waals surface area contributed by atoms with Crippen LogP contribution >= 0.6 is 11.8 Å². The summed E-state index contributed by atoms with van der Waals surface area (Å²) in [6, 6.07) is 7.63. The molecule has 0 radical (unpaired) electrons. The van der Waals surface area contributed by atoms with Crippen LogP contribution in [0.25, 0.3) is 10.9 Å². The summed E-state index contributed by atoms with van der Waals surface area (Å²) in [5.74, 6) is -0.442. The molecule has 110 valence electrons. The normalized spacial score (nSPS) is 22.3. The maximum Gasteiger partial charge on any atom is 0.373 e. The predicted octanol–water partition coefficient (Wildman–Crippen LogP) is 4.00. The lowest BCUT2D eigenvalue weighted by molar-refractivity contribution is 0.0683. The minimum atomic E-state index is -1.07. The van der Waals surface area contributed by atoms with Gasteiger partial charge in [0.1, 0.15) is 5.03 Å². The summed E-state index contributed by atoms with van der Waals surface area (Å²) in [4.78, 5) is 19.6. The van der Waals surface area contributed by atoms with Crippen LogP contribution in [0.3, 0.4) is 0 Å². The molecule has 21 heavy (non-hydrogen) atoms. The van der Waals surface area contributed by atoms with Crippen molar-refractivity contribution in [3.8, 4) is 0 Å². The molecule has 0 aliphatic heterocycles. The fourth-order valence-electron chi connectivity index (χ4n) is 2.88. The van der Waals surface area contributed by atoms with Crippen LogP contribution in [0.2, 0.25) is 0 Å². The highest BCUT2D eigenvalue weighted by atomic mass is 32.2. The molecule has 2 atom stereocenters. The van der Waals surface area contributed by atoms with E-state index in [1.54, 1.807) is 11.8 Å². The Bertz CT molecular complexity index is 674. The summed E-state index contributed by atoms with van der Waals surface area (Å²) in [7, 11) is 0. The van der Waals surface area contributed by atoms with Crippen molar-refractivity contribution in [2.45, 2.75) is 42.9 Å². The average molecular weight is 302 g/mol. The van der Waals surface area contributed by atoms with Crippen molar-refractivity contribution < 1.29 is 9.90 Å². The monoisotopic (exact) mass is 302 g/mol. The summed E-state index contributed by atoms with van der Waals surface area (Å²) < 4.78 is 0. The van der Waals surface area contributed by atoms with Gasteiger partial charge >= 0.3 is 5.97 Å². The molecular weight excluding hydrogens is 284 g/mol. The Morgan fingerprint density at radius 2 is 2.10 bits per heavy atom. The number of benzene rings is 1. The van der Waals surface area contributed by atoms with Gasteiger partial charge in [-0.25, -0.2) is 14.8 Å². The van der Waals surface area contributed by atoms with E-state index in [1.165, 1.54) is 25.7 Å². The van der Waals surface area contributed by atoms with Crippen LogP contribution in [0.1, 0.15) is 43.2 Å². The van der Waals surface area contributed by atoms with Crippen molar-refractivity contribution in [1.82, 2.24) is 9.97 Å². The number of rotatable bonds is 3. The molecule has 0 bridgehead atoms. The Labute approximate surface area is 128 Å². The number of carbonyl (C=O) groups is 1. The molecule has 1 heterocycles. The molecule has 1 saturated carbocycles. The second-order valence-electron chi connectivity index (χ2n) is 5.69. The van der Waals surface area contributed by atoms with Crippen LogP contribution in [0, 0.1) is 5.92 Å². The Kier molecular flexibility index (Phi) is 4.10. The Hall–Kier alpha value is -1.62. The van der Waals surface area contributed by atoms with Gasteiger partial charge in [0.15, 0.2) is 0 Å². The number of aromatic nitrogens is 2. The summed E-state index contributed by atoms with van der Waals surface area (Å²) >= 11 is 1.71. The van der Waals surface area contributed by atoms with E-state index in [-0.39, 0.29) is 5.82 Å². The van der Waals surface area contributed by atoms with Crippen LogP contribution in [0.15, 0.2) is 29.3 Å².